The Hall–Kier alpha value is -3.54. The summed E-state index contributed by atoms with van der Waals surface area (Å²) in [7, 11) is 0. The van der Waals surface area contributed by atoms with Gasteiger partial charge in [-0.15, -0.1) is 0 Å². The van der Waals surface area contributed by atoms with Crippen molar-refractivity contribution < 1.29 is 4.79 Å². The largest absolute Gasteiger partial charge is 0.374 e. The summed E-state index contributed by atoms with van der Waals surface area (Å²) in [5, 5.41) is 18.5. The lowest BCUT2D eigenvalue weighted by Gasteiger charge is -2.20. The summed E-state index contributed by atoms with van der Waals surface area (Å²) in [4.78, 5) is 12.9. The van der Waals surface area contributed by atoms with Crippen LogP contribution in [0.15, 0.2) is 72.8 Å². The highest BCUT2D eigenvalue weighted by Gasteiger charge is 2.18. The highest BCUT2D eigenvalue weighted by molar-refractivity contribution is 5.98. The number of rotatable bonds is 8. The summed E-state index contributed by atoms with van der Waals surface area (Å²) in [6, 6.07) is 23.2. The number of nitrogens with one attached hydrogen (secondary N) is 4. The van der Waals surface area contributed by atoms with Crippen LogP contribution in [0, 0.1) is 5.41 Å². The van der Waals surface area contributed by atoms with Gasteiger partial charge in [-0.05, 0) is 47.9 Å². The van der Waals surface area contributed by atoms with Crippen LogP contribution in [0.4, 0.5) is 11.4 Å². The van der Waals surface area contributed by atoms with E-state index in [9.17, 15) is 4.79 Å². The molecule has 6 nitrogen and oxygen atoms in total. The normalized spacial score (nSPS) is 11.6. The molecular formula is C22H25N5O. The number of nitrogens with two attached hydrogens (primary N) is 1. The van der Waals surface area contributed by atoms with Crippen LogP contribution in [-0.4, -0.2) is 24.5 Å². The number of para-hydroxylation sites is 1. The smallest absolute Gasteiger partial charge is 0.246 e. The van der Waals surface area contributed by atoms with E-state index in [-0.39, 0.29) is 11.9 Å². The van der Waals surface area contributed by atoms with E-state index in [1.54, 1.807) is 0 Å². The predicted molar refractivity (Wildman–Crippen MR) is 116 cm³/mol. The quantitative estimate of drug-likeness (QED) is 0.236. The van der Waals surface area contributed by atoms with Crippen molar-refractivity contribution in [2.45, 2.75) is 18.9 Å². The van der Waals surface area contributed by atoms with Crippen molar-refractivity contribution in [3.63, 3.8) is 0 Å². The van der Waals surface area contributed by atoms with E-state index in [2.05, 4.69) is 16.0 Å². The number of amides is 1. The van der Waals surface area contributed by atoms with Crippen molar-refractivity contribution in [1.82, 2.24) is 5.32 Å². The zero-order chi connectivity index (χ0) is 19.8. The molecule has 0 saturated heterocycles. The van der Waals surface area contributed by atoms with Crippen LogP contribution in [0.25, 0.3) is 10.8 Å². The van der Waals surface area contributed by atoms with E-state index in [1.165, 1.54) is 0 Å². The van der Waals surface area contributed by atoms with Crippen molar-refractivity contribution in [2.75, 3.05) is 17.2 Å². The molecule has 3 aromatic carbocycles. The van der Waals surface area contributed by atoms with E-state index >= 15 is 0 Å². The first-order valence-electron chi connectivity index (χ1n) is 9.31. The van der Waals surface area contributed by atoms with Gasteiger partial charge in [0.15, 0.2) is 5.96 Å². The molecule has 3 aromatic rings. The van der Waals surface area contributed by atoms with Gasteiger partial charge in [0, 0.05) is 17.9 Å². The fourth-order valence-electron chi connectivity index (χ4n) is 3.03. The highest BCUT2D eigenvalue weighted by atomic mass is 16.2. The molecule has 0 fully saturated rings. The number of benzene rings is 3. The summed E-state index contributed by atoms with van der Waals surface area (Å²) in [5.74, 6) is -0.157. The number of anilines is 2. The minimum atomic E-state index is -0.400. The topological polar surface area (TPSA) is 103 Å². The zero-order valence-corrected chi connectivity index (χ0v) is 15.6. The Bertz CT molecular complexity index is 942. The summed E-state index contributed by atoms with van der Waals surface area (Å²) < 4.78 is 0. The highest BCUT2D eigenvalue weighted by Crippen LogP contribution is 2.20. The molecule has 6 N–H and O–H groups in total. The molecule has 0 radical (unpaired) electrons. The Balaban J connectivity index is 1.69. The first-order chi connectivity index (χ1) is 13.6. The molecule has 28 heavy (non-hydrogen) atoms. The molecule has 0 aliphatic heterocycles. The lowest BCUT2D eigenvalue weighted by Crippen LogP contribution is -2.36. The monoisotopic (exact) mass is 375 g/mol. The van der Waals surface area contributed by atoms with Gasteiger partial charge in [-0.3, -0.25) is 10.2 Å². The fraction of sp³-hybridized carbons (Fsp3) is 0.182. The van der Waals surface area contributed by atoms with Crippen LogP contribution in [0.2, 0.25) is 0 Å². The van der Waals surface area contributed by atoms with Crippen LogP contribution in [0.1, 0.15) is 12.8 Å². The first kappa shape index (κ1) is 19.2. The zero-order valence-electron chi connectivity index (χ0n) is 15.6. The molecule has 3 rings (SSSR count). The number of carbonyl (C=O) groups is 1. The second-order valence-corrected chi connectivity index (χ2v) is 6.60. The SMILES string of the molecule is N=C(N)NCCC[C@H](Nc1ccccc1)C(=O)Nc1ccc2ccccc2c1. The predicted octanol–water partition coefficient (Wildman–Crippen LogP) is 3.52. The molecular weight excluding hydrogens is 350 g/mol. The van der Waals surface area contributed by atoms with Gasteiger partial charge < -0.3 is 21.7 Å². The Morgan fingerprint density at radius 1 is 0.929 bits per heavy atom. The minimum Gasteiger partial charge on any atom is -0.374 e. The van der Waals surface area contributed by atoms with Crippen molar-refractivity contribution in [2.24, 2.45) is 5.73 Å². The Morgan fingerprint density at radius 3 is 2.39 bits per heavy atom. The van der Waals surface area contributed by atoms with Crippen molar-refractivity contribution in [3.05, 3.63) is 72.8 Å². The third-order valence-corrected chi connectivity index (χ3v) is 4.43. The van der Waals surface area contributed by atoms with Crippen LogP contribution >= 0.6 is 0 Å². The second-order valence-electron chi connectivity index (χ2n) is 6.60. The number of fused-ring (bicyclic) bond motifs is 1. The van der Waals surface area contributed by atoms with Crippen molar-refractivity contribution >= 4 is 34.0 Å². The van der Waals surface area contributed by atoms with Gasteiger partial charge in [-0.25, -0.2) is 0 Å². The molecule has 0 unspecified atom stereocenters. The van der Waals surface area contributed by atoms with Crippen LogP contribution in [0.5, 0.6) is 0 Å². The molecule has 144 valence electrons. The summed E-state index contributed by atoms with van der Waals surface area (Å²) >= 11 is 0. The number of guanidine groups is 1. The number of carbonyl (C=O) groups excluding carboxylic acids is 1. The van der Waals surface area contributed by atoms with E-state index in [1.807, 2.05) is 72.8 Å². The lowest BCUT2D eigenvalue weighted by molar-refractivity contribution is -0.117. The van der Waals surface area contributed by atoms with Gasteiger partial charge in [0.1, 0.15) is 6.04 Å². The fourth-order valence-corrected chi connectivity index (χ4v) is 3.03. The minimum absolute atomic E-state index is 0.0619. The molecule has 0 heterocycles. The molecule has 0 aliphatic carbocycles. The van der Waals surface area contributed by atoms with E-state index < -0.39 is 6.04 Å². The van der Waals surface area contributed by atoms with Gasteiger partial charge in [0.05, 0.1) is 0 Å². The van der Waals surface area contributed by atoms with E-state index in [0.29, 0.717) is 19.4 Å². The third kappa shape index (κ3) is 5.48. The molecule has 0 aliphatic rings. The molecule has 1 amide bonds. The second kappa shape index (κ2) is 9.41. The Kier molecular flexibility index (Phi) is 6.46. The third-order valence-electron chi connectivity index (χ3n) is 4.43. The Labute approximate surface area is 164 Å². The maximum Gasteiger partial charge on any atom is 0.246 e. The van der Waals surface area contributed by atoms with Crippen LogP contribution in [0.3, 0.4) is 0 Å². The van der Waals surface area contributed by atoms with Gasteiger partial charge in [0.2, 0.25) is 5.91 Å². The molecule has 0 saturated carbocycles. The maximum atomic E-state index is 12.9. The van der Waals surface area contributed by atoms with E-state index in [0.717, 1.165) is 22.1 Å². The first-order valence-corrected chi connectivity index (χ1v) is 9.31. The standard InChI is InChI=1S/C22H25N5O/c23-22(24)25-14-6-11-20(26-18-9-2-1-3-10-18)21(28)27-19-13-12-16-7-4-5-8-17(16)15-19/h1-5,7-10,12-13,15,20,26H,6,11,14H2,(H,27,28)(H4,23,24,25)/t20-/m0/s1. The molecule has 0 spiro atoms. The number of hydrogen-bond donors (Lipinski definition) is 5. The van der Waals surface area contributed by atoms with Gasteiger partial charge in [-0.2, -0.15) is 0 Å². The van der Waals surface area contributed by atoms with Crippen LogP contribution < -0.4 is 21.7 Å². The summed E-state index contributed by atoms with van der Waals surface area (Å²) in [6.45, 7) is 0.547. The molecule has 6 heteroatoms. The van der Waals surface area contributed by atoms with Crippen molar-refractivity contribution in [1.29, 1.82) is 5.41 Å². The van der Waals surface area contributed by atoms with Gasteiger partial charge in [-0.1, -0.05) is 48.5 Å². The number of hydrogen-bond acceptors (Lipinski definition) is 3. The summed E-state index contributed by atoms with van der Waals surface area (Å²) in [5.41, 5.74) is 6.98. The Morgan fingerprint density at radius 2 is 1.64 bits per heavy atom. The molecule has 0 aromatic heterocycles. The average Bonchev–Trinajstić information content (AvgIpc) is 2.70. The molecule has 1 atom stereocenters. The lowest BCUT2D eigenvalue weighted by atomic mass is 10.1. The summed E-state index contributed by atoms with van der Waals surface area (Å²) in [6.07, 6.45) is 1.31. The van der Waals surface area contributed by atoms with Crippen molar-refractivity contribution in [3.8, 4) is 0 Å². The van der Waals surface area contributed by atoms with Gasteiger partial charge in [0.25, 0.3) is 0 Å². The van der Waals surface area contributed by atoms with Gasteiger partial charge >= 0.3 is 0 Å². The average molecular weight is 375 g/mol. The van der Waals surface area contributed by atoms with Crippen LogP contribution in [-0.2, 0) is 4.79 Å². The van der Waals surface area contributed by atoms with E-state index in [4.69, 9.17) is 11.1 Å². The maximum absolute atomic E-state index is 12.9. The molecule has 0 bridgehead atoms.